The number of ether oxygens (including phenoxy) is 2. The van der Waals surface area contributed by atoms with Gasteiger partial charge in [0.2, 0.25) is 0 Å². The molecule has 2 aliphatic carbocycles. The van der Waals surface area contributed by atoms with Crippen molar-refractivity contribution < 1.29 is 19.1 Å². The summed E-state index contributed by atoms with van der Waals surface area (Å²) in [5, 5.41) is 0. The molecule has 3 rings (SSSR count). The first-order chi connectivity index (χ1) is 11.5. The van der Waals surface area contributed by atoms with Gasteiger partial charge in [0.15, 0.2) is 5.41 Å². The molecule has 0 saturated heterocycles. The molecule has 1 saturated carbocycles. The van der Waals surface area contributed by atoms with E-state index in [1.165, 1.54) is 30.9 Å². The summed E-state index contributed by atoms with van der Waals surface area (Å²) in [6.07, 6.45) is 0.953. The predicted octanol–water partition coefficient (Wildman–Crippen LogP) is 3.47. The molecule has 0 N–H and O–H groups in total. The molecule has 1 aromatic carbocycles. The molecular weight excluding hydrogens is 304 g/mol. The summed E-state index contributed by atoms with van der Waals surface area (Å²) in [6, 6.07) is 10.2. The zero-order valence-corrected chi connectivity index (χ0v) is 14.7. The highest BCUT2D eigenvalue weighted by Gasteiger charge is 2.60. The molecule has 3 atom stereocenters. The van der Waals surface area contributed by atoms with Gasteiger partial charge >= 0.3 is 11.9 Å². The van der Waals surface area contributed by atoms with Crippen molar-refractivity contribution in [1.29, 1.82) is 0 Å². The van der Waals surface area contributed by atoms with Crippen LogP contribution in [0.4, 0.5) is 0 Å². The lowest BCUT2D eigenvalue weighted by Crippen LogP contribution is -2.39. The second-order valence-electron chi connectivity index (χ2n) is 7.00. The molecule has 1 aromatic rings. The summed E-state index contributed by atoms with van der Waals surface area (Å²) in [5.74, 6) is -0.164. The fourth-order valence-electron chi connectivity index (χ4n) is 4.72. The molecule has 0 unspecified atom stereocenters. The Balaban J connectivity index is 2.04. The SMILES string of the molecule is COC(=O)C1(C(=O)OC)C[C@@H]2[C@@H](C)C(C)=C(c3ccccc3)[C@@H]2C1. The number of hydrogen-bond donors (Lipinski definition) is 0. The van der Waals surface area contributed by atoms with Gasteiger partial charge in [-0.05, 0) is 48.7 Å². The van der Waals surface area contributed by atoms with Crippen molar-refractivity contribution in [2.75, 3.05) is 14.2 Å². The smallest absolute Gasteiger partial charge is 0.323 e. The summed E-state index contributed by atoms with van der Waals surface area (Å²) >= 11 is 0. The van der Waals surface area contributed by atoms with E-state index < -0.39 is 17.4 Å². The van der Waals surface area contributed by atoms with Gasteiger partial charge in [0.05, 0.1) is 14.2 Å². The van der Waals surface area contributed by atoms with E-state index in [2.05, 4.69) is 26.0 Å². The number of fused-ring (bicyclic) bond motifs is 1. The van der Waals surface area contributed by atoms with Gasteiger partial charge in [-0.15, -0.1) is 0 Å². The number of esters is 2. The van der Waals surface area contributed by atoms with Gasteiger partial charge < -0.3 is 9.47 Å². The highest BCUT2D eigenvalue weighted by molar-refractivity contribution is 6.01. The first-order valence-electron chi connectivity index (χ1n) is 8.39. The lowest BCUT2D eigenvalue weighted by atomic mass is 9.81. The Labute approximate surface area is 142 Å². The zero-order chi connectivity index (χ0) is 17.5. The summed E-state index contributed by atoms with van der Waals surface area (Å²) < 4.78 is 9.95. The third-order valence-electron chi connectivity index (χ3n) is 6.03. The molecule has 0 aromatic heterocycles. The summed E-state index contributed by atoms with van der Waals surface area (Å²) in [6.45, 7) is 4.36. The highest BCUT2D eigenvalue weighted by atomic mass is 16.5. The second kappa shape index (κ2) is 6.08. The molecule has 2 aliphatic rings. The summed E-state index contributed by atoms with van der Waals surface area (Å²) in [7, 11) is 2.67. The Hall–Kier alpha value is -2.10. The van der Waals surface area contributed by atoms with Crippen molar-refractivity contribution in [2.45, 2.75) is 26.7 Å². The van der Waals surface area contributed by atoms with Crippen LogP contribution in [0.25, 0.3) is 5.57 Å². The number of carbonyl (C=O) groups excluding carboxylic acids is 2. The number of carbonyl (C=O) groups is 2. The lowest BCUT2D eigenvalue weighted by Gasteiger charge is -2.25. The van der Waals surface area contributed by atoms with Gasteiger partial charge in [0.1, 0.15) is 0 Å². The third kappa shape index (κ3) is 2.27. The highest BCUT2D eigenvalue weighted by Crippen LogP contribution is 2.60. The largest absolute Gasteiger partial charge is 0.468 e. The van der Waals surface area contributed by atoms with E-state index in [1.54, 1.807) is 0 Å². The van der Waals surface area contributed by atoms with Crippen LogP contribution in [0, 0.1) is 23.2 Å². The van der Waals surface area contributed by atoms with Gasteiger partial charge in [0, 0.05) is 0 Å². The number of methoxy groups -OCH3 is 2. The van der Waals surface area contributed by atoms with Crippen LogP contribution in [-0.2, 0) is 19.1 Å². The van der Waals surface area contributed by atoms with Gasteiger partial charge in [-0.2, -0.15) is 0 Å². The van der Waals surface area contributed by atoms with Crippen LogP contribution in [0.1, 0.15) is 32.3 Å². The average Bonchev–Trinajstić information content (AvgIpc) is 3.11. The molecule has 4 nitrogen and oxygen atoms in total. The minimum atomic E-state index is -1.17. The fourth-order valence-corrected chi connectivity index (χ4v) is 4.72. The quantitative estimate of drug-likeness (QED) is 0.630. The van der Waals surface area contributed by atoms with Crippen molar-refractivity contribution in [2.24, 2.45) is 23.2 Å². The van der Waals surface area contributed by atoms with E-state index in [4.69, 9.17) is 9.47 Å². The van der Waals surface area contributed by atoms with E-state index in [0.717, 1.165) is 0 Å². The first kappa shape index (κ1) is 16.7. The summed E-state index contributed by atoms with van der Waals surface area (Å²) in [5.41, 5.74) is 2.65. The molecule has 4 heteroatoms. The molecular formula is C20H24O4. The molecule has 1 fully saturated rings. The average molecular weight is 328 g/mol. The Kier molecular flexibility index (Phi) is 4.24. The fraction of sp³-hybridized carbons (Fsp3) is 0.500. The van der Waals surface area contributed by atoms with Gasteiger partial charge in [-0.25, -0.2) is 0 Å². The maximum absolute atomic E-state index is 12.5. The normalized spacial score (nSPS) is 27.8. The number of rotatable bonds is 3. The van der Waals surface area contributed by atoms with Crippen molar-refractivity contribution in [3.8, 4) is 0 Å². The van der Waals surface area contributed by atoms with E-state index in [-0.39, 0.29) is 11.8 Å². The van der Waals surface area contributed by atoms with Crippen LogP contribution in [0.2, 0.25) is 0 Å². The van der Waals surface area contributed by atoms with Crippen molar-refractivity contribution >= 4 is 17.5 Å². The van der Waals surface area contributed by atoms with Gasteiger partial charge in [-0.1, -0.05) is 42.8 Å². The van der Waals surface area contributed by atoms with E-state index in [1.807, 2.05) is 18.2 Å². The first-order valence-corrected chi connectivity index (χ1v) is 8.39. The molecule has 128 valence electrons. The van der Waals surface area contributed by atoms with Crippen LogP contribution in [0.15, 0.2) is 35.9 Å². The molecule has 0 aliphatic heterocycles. The summed E-state index contributed by atoms with van der Waals surface area (Å²) in [4.78, 5) is 24.9. The number of hydrogen-bond acceptors (Lipinski definition) is 4. The van der Waals surface area contributed by atoms with E-state index >= 15 is 0 Å². The predicted molar refractivity (Wildman–Crippen MR) is 90.9 cm³/mol. The molecule has 24 heavy (non-hydrogen) atoms. The Morgan fingerprint density at radius 2 is 1.62 bits per heavy atom. The zero-order valence-electron chi connectivity index (χ0n) is 14.7. The van der Waals surface area contributed by atoms with Crippen molar-refractivity contribution in [3.63, 3.8) is 0 Å². The monoisotopic (exact) mass is 328 g/mol. The van der Waals surface area contributed by atoms with Gasteiger partial charge in [-0.3, -0.25) is 9.59 Å². The number of allylic oxidation sites excluding steroid dienone is 2. The topological polar surface area (TPSA) is 52.6 Å². The minimum Gasteiger partial charge on any atom is -0.468 e. The molecule has 0 spiro atoms. The van der Waals surface area contributed by atoms with E-state index in [0.29, 0.717) is 18.8 Å². The maximum Gasteiger partial charge on any atom is 0.323 e. The Morgan fingerprint density at radius 3 is 2.17 bits per heavy atom. The van der Waals surface area contributed by atoms with Crippen LogP contribution in [0.3, 0.4) is 0 Å². The maximum atomic E-state index is 12.5. The molecule has 0 bridgehead atoms. The Morgan fingerprint density at radius 1 is 1.04 bits per heavy atom. The molecule has 0 heterocycles. The minimum absolute atomic E-state index is 0.181. The van der Waals surface area contributed by atoms with Crippen LogP contribution in [0.5, 0.6) is 0 Å². The van der Waals surface area contributed by atoms with Crippen molar-refractivity contribution in [1.82, 2.24) is 0 Å². The van der Waals surface area contributed by atoms with Gasteiger partial charge in [0.25, 0.3) is 0 Å². The Bertz CT molecular complexity index is 673. The standard InChI is InChI=1S/C20H24O4/c1-12-13(2)17(14-8-6-5-7-9-14)16-11-20(10-15(12)16,18(21)23-3)19(22)24-4/h5-9,12,15-16H,10-11H2,1-4H3/t12-,15+,16+/m0/s1. The van der Waals surface area contributed by atoms with Crippen LogP contribution in [-0.4, -0.2) is 26.2 Å². The lowest BCUT2D eigenvalue weighted by molar-refractivity contribution is -0.169. The van der Waals surface area contributed by atoms with Crippen molar-refractivity contribution in [3.05, 3.63) is 41.5 Å². The number of benzene rings is 1. The van der Waals surface area contributed by atoms with Crippen LogP contribution < -0.4 is 0 Å². The third-order valence-corrected chi connectivity index (χ3v) is 6.03. The van der Waals surface area contributed by atoms with E-state index in [9.17, 15) is 9.59 Å². The molecule has 0 amide bonds. The van der Waals surface area contributed by atoms with Crippen LogP contribution >= 0.6 is 0 Å². The second-order valence-corrected chi connectivity index (χ2v) is 7.00. The molecule has 0 radical (unpaired) electrons.